The van der Waals surface area contributed by atoms with Crippen LogP contribution in [0, 0.1) is 0 Å². The summed E-state index contributed by atoms with van der Waals surface area (Å²) < 4.78 is 48.4. The van der Waals surface area contributed by atoms with E-state index in [9.17, 15) is 13.2 Å². The molecular formula is C26H27F3N6O. The Hall–Kier alpha value is -3.69. The highest BCUT2D eigenvalue weighted by Gasteiger charge is 2.35. The van der Waals surface area contributed by atoms with Crippen LogP contribution in [0.15, 0.2) is 49.1 Å². The summed E-state index contributed by atoms with van der Waals surface area (Å²) in [5.74, 6) is 1.20. The van der Waals surface area contributed by atoms with Crippen molar-refractivity contribution >= 4 is 0 Å². The SMILES string of the molecule is CCn1cc(C(F)(F)F)nc1-c1ccc([C@H](C)n2ccc(-c3c(OC)ncnc3C3CCC3)n2)cc1. The number of hydrogen-bond acceptors (Lipinski definition) is 5. The molecule has 1 atom stereocenters. The molecule has 0 aliphatic heterocycles. The lowest BCUT2D eigenvalue weighted by Gasteiger charge is -2.26. The molecule has 5 rings (SSSR count). The van der Waals surface area contributed by atoms with Gasteiger partial charge in [0.2, 0.25) is 5.88 Å². The van der Waals surface area contributed by atoms with Gasteiger partial charge in [-0.25, -0.2) is 15.0 Å². The summed E-state index contributed by atoms with van der Waals surface area (Å²) in [6.45, 7) is 4.20. The third-order valence-electron chi connectivity index (χ3n) is 6.85. The number of aromatic nitrogens is 6. The van der Waals surface area contributed by atoms with Crippen molar-refractivity contribution in [2.24, 2.45) is 0 Å². The van der Waals surface area contributed by atoms with Gasteiger partial charge in [0.25, 0.3) is 0 Å². The predicted octanol–water partition coefficient (Wildman–Crippen LogP) is 6.13. The molecule has 1 fully saturated rings. The Bertz CT molecular complexity index is 1360. The minimum absolute atomic E-state index is 0.104. The Labute approximate surface area is 207 Å². The largest absolute Gasteiger partial charge is 0.480 e. The molecule has 1 aliphatic rings. The lowest BCUT2D eigenvalue weighted by atomic mass is 9.81. The van der Waals surface area contributed by atoms with E-state index in [1.165, 1.54) is 11.0 Å². The monoisotopic (exact) mass is 496 g/mol. The van der Waals surface area contributed by atoms with Crippen LogP contribution in [0.5, 0.6) is 5.88 Å². The number of alkyl halides is 3. The van der Waals surface area contributed by atoms with Crippen LogP contribution in [-0.2, 0) is 12.7 Å². The summed E-state index contributed by atoms with van der Waals surface area (Å²) in [6, 6.07) is 9.23. The van der Waals surface area contributed by atoms with Crippen LogP contribution >= 0.6 is 0 Å². The van der Waals surface area contributed by atoms with Crippen molar-refractivity contribution in [1.82, 2.24) is 29.3 Å². The molecule has 1 aliphatic carbocycles. The van der Waals surface area contributed by atoms with E-state index in [2.05, 4.69) is 15.0 Å². The number of hydrogen-bond donors (Lipinski definition) is 0. The fourth-order valence-electron chi connectivity index (χ4n) is 4.54. The first-order chi connectivity index (χ1) is 17.3. The minimum atomic E-state index is -4.48. The third kappa shape index (κ3) is 4.36. The Balaban J connectivity index is 1.42. The summed E-state index contributed by atoms with van der Waals surface area (Å²) in [4.78, 5) is 12.7. The van der Waals surface area contributed by atoms with Crippen LogP contribution in [0.2, 0.25) is 0 Å². The van der Waals surface area contributed by atoms with Crippen LogP contribution in [0.1, 0.15) is 62.0 Å². The van der Waals surface area contributed by atoms with Gasteiger partial charge in [0.1, 0.15) is 12.2 Å². The molecule has 0 radical (unpaired) electrons. The fourth-order valence-corrected chi connectivity index (χ4v) is 4.54. The van der Waals surface area contributed by atoms with Crippen molar-refractivity contribution in [3.8, 4) is 28.5 Å². The number of nitrogens with zero attached hydrogens (tertiary/aromatic N) is 6. The molecular weight excluding hydrogens is 469 g/mol. The number of halogens is 3. The Morgan fingerprint density at radius 2 is 1.86 bits per heavy atom. The molecule has 1 saturated carbocycles. The van der Waals surface area contributed by atoms with Crippen LogP contribution in [0.3, 0.4) is 0 Å². The second-order valence-corrected chi connectivity index (χ2v) is 8.98. The molecule has 36 heavy (non-hydrogen) atoms. The first kappa shape index (κ1) is 24.0. The van der Waals surface area contributed by atoms with E-state index in [4.69, 9.17) is 9.84 Å². The fraction of sp³-hybridized carbons (Fsp3) is 0.385. The lowest BCUT2D eigenvalue weighted by molar-refractivity contribution is -0.140. The van der Waals surface area contributed by atoms with Crippen LogP contribution in [0.25, 0.3) is 22.6 Å². The van der Waals surface area contributed by atoms with Crippen molar-refractivity contribution in [1.29, 1.82) is 0 Å². The van der Waals surface area contributed by atoms with E-state index in [1.54, 1.807) is 32.5 Å². The molecule has 7 nitrogen and oxygen atoms in total. The van der Waals surface area contributed by atoms with Gasteiger partial charge in [-0.05, 0) is 38.3 Å². The highest BCUT2D eigenvalue weighted by atomic mass is 19.4. The first-order valence-corrected chi connectivity index (χ1v) is 12.0. The molecule has 0 N–H and O–H groups in total. The molecule has 0 saturated heterocycles. The van der Waals surface area contributed by atoms with Crippen molar-refractivity contribution in [2.75, 3.05) is 7.11 Å². The molecule has 0 amide bonds. The van der Waals surface area contributed by atoms with E-state index < -0.39 is 11.9 Å². The summed E-state index contributed by atoms with van der Waals surface area (Å²) in [7, 11) is 1.60. The van der Waals surface area contributed by atoms with E-state index in [1.807, 2.05) is 36.0 Å². The molecule has 188 valence electrons. The number of benzene rings is 1. The summed E-state index contributed by atoms with van der Waals surface area (Å²) >= 11 is 0. The van der Waals surface area contributed by atoms with E-state index >= 15 is 0 Å². The topological polar surface area (TPSA) is 70.7 Å². The van der Waals surface area contributed by atoms with Crippen molar-refractivity contribution in [3.63, 3.8) is 0 Å². The summed E-state index contributed by atoms with van der Waals surface area (Å²) in [6.07, 6.45) is 3.40. The van der Waals surface area contributed by atoms with Gasteiger partial charge in [0.15, 0.2) is 5.69 Å². The minimum Gasteiger partial charge on any atom is -0.480 e. The van der Waals surface area contributed by atoms with E-state index in [0.29, 0.717) is 29.7 Å². The molecule has 1 aromatic carbocycles. The van der Waals surface area contributed by atoms with Crippen LogP contribution in [-0.4, -0.2) is 36.4 Å². The first-order valence-electron chi connectivity index (χ1n) is 12.0. The average molecular weight is 497 g/mol. The van der Waals surface area contributed by atoms with Gasteiger partial charge in [-0.1, -0.05) is 30.7 Å². The second-order valence-electron chi connectivity index (χ2n) is 8.98. The number of imidazole rings is 1. The molecule has 4 aromatic rings. The van der Waals surface area contributed by atoms with Gasteiger partial charge in [-0.15, -0.1) is 0 Å². The van der Waals surface area contributed by atoms with E-state index in [0.717, 1.165) is 41.6 Å². The number of methoxy groups -OCH3 is 1. The van der Waals surface area contributed by atoms with Gasteiger partial charge in [0, 0.05) is 30.4 Å². The Kier molecular flexibility index (Phi) is 6.27. The Morgan fingerprint density at radius 3 is 2.47 bits per heavy atom. The van der Waals surface area contributed by atoms with E-state index in [-0.39, 0.29) is 6.04 Å². The molecule has 3 aromatic heterocycles. The second kappa shape index (κ2) is 9.40. The zero-order valence-electron chi connectivity index (χ0n) is 20.3. The zero-order chi connectivity index (χ0) is 25.4. The highest BCUT2D eigenvalue weighted by Crippen LogP contribution is 2.42. The molecule has 0 unspecified atom stereocenters. The third-order valence-corrected chi connectivity index (χ3v) is 6.85. The van der Waals surface area contributed by atoms with Crippen LogP contribution in [0.4, 0.5) is 13.2 Å². The van der Waals surface area contributed by atoms with Gasteiger partial charge < -0.3 is 9.30 Å². The molecule has 3 heterocycles. The maximum atomic E-state index is 13.2. The van der Waals surface area contributed by atoms with Gasteiger partial charge >= 0.3 is 6.18 Å². The number of rotatable bonds is 7. The lowest BCUT2D eigenvalue weighted by Crippen LogP contribution is -2.13. The maximum Gasteiger partial charge on any atom is 0.434 e. The maximum absolute atomic E-state index is 13.2. The van der Waals surface area contributed by atoms with Crippen LogP contribution < -0.4 is 4.74 Å². The molecule has 10 heteroatoms. The Morgan fingerprint density at radius 1 is 1.11 bits per heavy atom. The standard InChI is InChI=1S/C26H27F3N6O/c1-4-34-14-21(26(27,28)29)32-24(34)19-10-8-17(9-11-19)16(2)35-13-12-20(33-35)22-23(18-6-5-7-18)30-15-31-25(22)36-3/h8-16,18H,4-7H2,1-3H3/t16-/m0/s1. The summed E-state index contributed by atoms with van der Waals surface area (Å²) in [5.41, 5.74) is 3.26. The van der Waals surface area contributed by atoms with Gasteiger partial charge in [0.05, 0.1) is 30.1 Å². The van der Waals surface area contributed by atoms with Gasteiger partial charge in [-0.2, -0.15) is 18.3 Å². The number of ether oxygens (including phenoxy) is 1. The quantitative estimate of drug-likeness (QED) is 0.308. The number of aryl methyl sites for hydroxylation is 1. The average Bonchev–Trinajstić information content (AvgIpc) is 3.50. The zero-order valence-corrected chi connectivity index (χ0v) is 20.3. The highest BCUT2D eigenvalue weighted by molar-refractivity contribution is 5.68. The van der Waals surface area contributed by atoms with Gasteiger partial charge in [-0.3, -0.25) is 4.68 Å². The van der Waals surface area contributed by atoms with Crippen molar-refractivity contribution < 1.29 is 17.9 Å². The van der Waals surface area contributed by atoms with Crippen molar-refractivity contribution in [2.45, 2.75) is 57.8 Å². The smallest absolute Gasteiger partial charge is 0.434 e. The predicted molar refractivity (Wildman–Crippen MR) is 129 cm³/mol. The molecule has 0 bridgehead atoms. The molecule has 0 spiro atoms. The normalized spacial score (nSPS) is 15.1. The summed E-state index contributed by atoms with van der Waals surface area (Å²) in [5, 5.41) is 4.82. The van der Waals surface area contributed by atoms with Crippen molar-refractivity contribution in [3.05, 3.63) is 66.0 Å².